The maximum Gasteiger partial charge on any atom is 0.305 e. The van der Waals surface area contributed by atoms with E-state index in [1.807, 2.05) is 0 Å². The van der Waals surface area contributed by atoms with Gasteiger partial charge in [-0.1, -0.05) is 17.4 Å². The van der Waals surface area contributed by atoms with Crippen molar-refractivity contribution in [3.8, 4) is 0 Å². The molecule has 4 nitrogen and oxygen atoms in total. The van der Waals surface area contributed by atoms with Crippen LogP contribution >= 0.6 is 11.3 Å². The van der Waals surface area contributed by atoms with E-state index in [1.54, 1.807) is 18.2 Å². The molecule has 21 heavy (non-hydrogen) atoms. The predicted molar refractivity (Wildman–Crippen MR) is 76.8 cm³/mol. The van der Waals surface area contributed by atoms with Crippen LogP contribution in [0.4, 0.5) is 14.5 Å². The summed E-state index contributed by atoms with van der Waals surface area (Å²) < 4.78 is 27.7. The van der Waals surface area contributed by atoms with Gasteiger partial charge in [0.1, 0.15) is 17.2 Å². The van der Waals surface area contributed by atoms with Crippen molar-refractivity contribution in [2.75, 3.05) is 5.32 Å². The van der Waals surface area contributed by atoms with E-state index < -0.39 is 23.1 Å². The number of fused-ring (bicyclic) bond motifs is 1. The summed E-state index contributed by atoms with van der Waals surface area (Å²) in [5, 5.41) is 2.41. The van der Waals surface area contributed by atoms with Crippen molar-refractivity contribution in [1.82, 2.24) is 4.98 Å². The van der Waals surface area contributed by atoms with Gasteiger partial charge in [0.05, 0.1) is 10.2 Å². The van der Waals surface area contributed by atoms with E-state index in [0.717, 1.165) is 23.5 Å². The molecule has 0 aliphatic carbocycles. The van der Waals surface area contributed by atoms with Crippen LogP contribution in [0, 0.1) is 11.6 Å². The molecule has 0 atom stereocenters. The van der Waals surface area contributed by atoms with Gasteiger partial charge in [0.25, 0.3) is 5.91 Å². The summed E-state index contributed by atoms with van der Waals surface area (Å²) in [6.07, 6.45) is 0. The van der Waals surface area contributed by atoms with Crippen molar-refractivity contribution in [3.63, 3.8) is 0 Å². The quantitative estimate of drug-likeness (QED) is 0.764. The van der Waals surface area contributed by atoms with E-state index in [-0.39, 0.29) is 4.87 Å². The molecule has 106 valence electrons. The number of anilines is 1. The normalized spacial score (nSPS) is 10.8. The Bertz CT molecular complexity index is 881. The first-order chi connectivity index (χ1) is 10.0. The Labute approximate surface area is 121 Å². The Balaban J connectivity index is 1.94. The molecule has 2 N–H and O–H groups in total. The highest BCUT2D eigenvalue weighted by atomic mass is 32.1. The summed E-state index contributed by atoms with van der Waals surface area (Å²) >= 11 is 0.985. The lowest BCUT2D eigenvalue weighted by atomic mass is 10.1. The number of hydrogen-bond acceptors (Lipinski definition) is 3. The predicted octanol–water partition coefficient (Wildman–Crippen LogP) is 3.12. The Morgan fingerprint density at radius 3 is 2.57 bits per heavy atom. The number of H-pyrrole nitrogens is 1. The van der Waals surface area contributed by atoms with Gasteiger partial charge in [0, 0.05) is 5.69 Å². The van der Waals surface area contributed by atoms with Crippen molar-refractivity contribution in [2.45, 2.75) is 0 Å². The Morgan fingerprint density at radius 2 is 1.86 bits per heavy atom. The van der Waals surface area contributed by atoms with Crippen LogP contribution in [-0.4, -0.2) is 10.9 Å². The number of thiazole rings is 1. The lowest BCUT2D eigenvalue weighted by Crippen LogP contribution is -2.15. The fourth-order valence-electron chi connectivity index (χ4n) is 1.93. The lowest BCUT2D eigenvalue weighted by molar-refractivity contribution is 0.101. The van der Waals surface area contributed by atoms with Crippen molar-refractivity contribution >= 4 is 33.1 Å². The molecule has 1 aromatic heterocycles. The summed E-state index contributed by atoms with van der Waals surface area (Å²) in [6, 6.07) is 7.93. The minimum absolute atomic E-state index is 0.214. The monoisotopic (exact) mass is 306 g/mol. The number of aromatic amines is 1. The summed E-state index contributed by atoms with van der Waals surface area (Å²) in [4.78, 5) is 25.6. The maximum atomic E-state index is 13.5. The van der Waals surface area contributed by atoms with Crippen LogP contribution in [0.2, 0.25) is 0 Å². The molecule has 0 aliphatic rings. The van der Waals surface area contributed by atoms with Crippen LogP contribution in [0.15, 0.2) is 41.2 Å². The number of hydrogen-bond donors (Lipinski definition) is 2. The van der Waals surface area contributed by atoms with Gasteiger partial charge in [-0.2, -0.15) is 0 Å². The van der Waals surface area contributed by atoms with Gasteiger partial charge >= 0.3 is 4.87 Å². The number of amides is 1. The number of rotatable bonds is 2. The third-order valence-electron chi connectivity index (χ3n) is 2.87. The number of halogens is 2. The second-order valence-corrected chi connectivity index (χ2v) is 5.29. The fourth-order valence-corrected chi connectivity index (χ4v) is 2.71. The molecule has 0 bridgehead atoms. The van der Waals surface area contributed by atoms with Crippen LogP contribution < -0.4 is 10.2 Å². The number of nitrogens with one attached hydrogen (secondary N) is 2. The van der Waals surface area contributed by atoms with Crippen molar-refractivity contribution < 1.29 is 13.6 Å². The molecular formula is C14H8F2N2O2S. The van der Waals surface area contributed by atoms with Crippen LogP contribution in [-0.2, 0) is 0 Å². The zero-order chi connectivity index (χ0) is 15.0. The highest BCUT2D eigenvalue weighted by Gasteiger charge is 2.17. The van der Waals surface area contributed by atoms with Gasteiger partial charge in [0.2, 0.25) is 0 Å². The van der Waals surface area contributed by atoms with Gasteiger partial charge in [-0.15, -0.1) is 0 Å². The zero-order valence-electron chi connectivity index (χ0n) is 10.4. The summed E-state index contributed by atoms with van der Waals surface area (Å²) in [5.41, 5.74) is 0.352. The van der Waals surface area contributed by atoms with Gasteiger partial charge in [0.15, 0.2) is 0 Å². The average Bonchev–Trinajstić information content (AvgIpc) is 2.77. The molecular weight excluding hydrogens is 298 g/mol. The number of carbonyl (C=O) groups excluding carboxylic acids is 1. The first kappa shape index (κ1) is 13.4. The van der Waals surface area contributed by atoms with E-state index in [2.05, 4.69) is 10.3 Å². The summed E-state index contributed by atoms with van der Waals surface area (Å²) in [7, 11) is 0. The molecule has 0 spiro atoms. The Morgan fingerprint density at radius 1 is 1.14 bits per heavy atom. The van der Waals surface area contributed by atoms with E-state index in [0.29, 0.717) is 15.9 Å². The standard InChI is InChI=1S/C14H8F2N2O2S/c15-8-2-1-3-9(16)12(8)13(19)17-7-4-5-10-11(6-7)21-14(20)18-10/h1-6H,(H,17,19)(H,18,20). The molecule has 2 aromatic carbocycles. The Kier molecular flexibility index (Phi) is 3.26. The van der Waals surface area contributed by atoms with E-state index in [1.165, 1.54) is 6.07 Å². The first-order valence-electron chi connectivity index (χ1n) is 5.93. The second kappa shape index (κ2) is 5.10. The second-order valence-electron chi connectivity index (χ2n) is 4.28. The number of benzene rings is 2. The summed E-state index contributed by atoms with van der Waals surface area (Å²) in [5.74, 6) is -2.74. The van der Waals surface area contributed by atoms with Crippen molar-refractivity contribution in [2.24, 2.45) is 0 Å². The van der Waals surface area contributed by atoms with E-state index in [4.69, 9.17) is 0 Å². The molecule has 3 rings (SSSR count). The molecule has 0 fully saturated rings. The van der Waals surface area contributed by atoms with E-state index in [9.17, 15) is 18.4 Å². The minimum Gasteiger partial charge on any atom is -0.322 e. The molecule has 1 heterocycles. The molecule has 0 radical (unpaired) electrons. The number of carbonyl (C=O) groups is 1. The minimum atomic E-state index is -0.931. The van der Waals surface area contributed by atoms with E-state index >= 15 is 0 Å². The van der Waals surface area contributed by atoms with Crippen LogP contribution in [0.25, 0.3) is 10.2 Å². The molecule has 0 saturated heterocycles. The van der Waals surface area contributed by atoms with Gasteiger partial charge in [-0.3, -0.25) is 9.59 Å². The molecule has 3 aromatic rings. The molecule has 0 unspecified atom stereocenters. The number of aromatic nitrogens is 1. The fraction of sp³-hybridized carbons (Fsp3) is 0. The third-order valence-corrected chi connectivity index (χ3v) is 3.71. The Hall–Kier alpha value is -2.54. The SMILES string of the molecule is O=C(Nc1ccc2[nH]c(=O)sc2c1)c1c(F)cccc1F. The highest BCUT2D eigenvalue weighted by molar-refractivity contribution is 7.16. The smallest absolute Gasteiger partial charge is 0.305 e. The third kappa shape index (κ3) is 2.55. The molecule has 7 heteroatoms. The largest absolute Gasteiger partial charge is 0.322 e. The topological polar surface area (TPSA) is 62.0 Å². The lowest BCUT2D eigenvalue weighted by Gasteiger charge is -2.07. The van der Waals surface area contributed by atoms with Crippen molar-refractivity contribution in [3.05, 3.63) is 63.3 Å². The highest BCUT2D eigenvalue weighted by Crippen LogP contribution is 2.21. The summed E-state index contributed by atoms with van der Waals surface area (Å²) in [6.45, 7) is 0. The first-order valence-corrected chi connectivity index (χ1v) is 6.74. The zero-order valence-corrected chi connectivity index (χ0v) is 11.3. The van der Waals surface area contributed by atoms with Gasteiger partial charge in [-0.05, 0) is 30.3 Å². The van der Waals surface area contributed by atoms with Crippen LogP contribution in [0.5, 0.6) is 0 Å². The van der Waals surface area contributed by atoms with Gasteiger partial charge < -0.3 is 10.3 Å². The van der Waals surface area contributed by atoms with Crippen molar-refractivity contribution in [1.29, 1.82) is 0 Å². The van der Waals surface area contributed by atoms with Gasteiger partial charge in [-0.25, -0.2) is 8.78 Å². The van der Waals surface area contributed by atoms with Crippen LogP contribution in [0.1, 0.15) is 10.4 Å². The average molecular weight is 306 g/mol. The molecule has 0 saturated carbocycles. The van der Waals surface area contributed by atoms with Crippen LogP contribution in [0.3, 0.4) is 0 Å². The molecule has 1 amide bonds. The molecule has 0 aliphatic heterocycles. The maximum absolute atomic E-state index is 13.5.